The molecule has 14 heavy (non-hydrogen) atoms. The van der Waals surface area contributed by atoms with Gasteiger partial charge in [0.2, 0.25) is 0 Å². The molecule has 0 radical (unpaired) electrons. The zero-order valence-corrected chi connectivity index (χ0v) is 9.75. The summed E-state index contributed by atoms with van der Waals surface area (Å²) in [5, 5.41) is 0. The third-order valence-electron chi connectivity index (χ3n) is 2.27. The Morgan fingerprint density at radius 2 is 2.07 bits per heavy atom. The van der Waals surface area contributed by atoms with Crippen LogP contribution in [0.5, 0.6) is 0 Å². The Kier molecular flexibility index (Phi) is 7.17. The fourth-order valence-corrected chi connectivity index (χ4v) is 1.42. The SMILES string of the molecule is C/C=C/CCC(C(=O)OCC)C(C)C. The van der Waals surface area contributed by atoms with E-state index < -0.39 is 0 Å². The monoisotopic (exact) mass is 198 g/mol. The second kappa shape index (κ2) is 7.60. The Labute approximate surface area is 87.3 Å². The van der Waals surface area contributed by atoms with E-state index in [0.717, 1.165) is 12.8 Å². The number of allylic oxidation sites excluding steroid dienone is 2. The molecule has 0 spiro atoms. The first-order valence-corrected chi connectivity index (χ1v) is 5.41. The molecule has 0 aromatic rings. The van der Waals surface area contributed by atoms with Crippen LogP contribution in [0.2, 0.25) is 0 Å². The second-order valence-electron chi connectivity index (χ2n) is 3.75. The van der Waals surface area contributed by atoms with E-state index in [9.17, 15) is 4.79 Å². The Morgan fingerprint density at radius 1 is 1.43 bits per heavy atom. The molecule has 0 saturated carbocycles. The van der Waals surface area contributed by atoms with Crippen molar-refractivity contribution in [3.8, 4) is 0 Å². The molecule has 0 amide bonds. The molecule has 0 bridgehead atoms. The molecule has 2 heteroatoms. The average Bonchev–Trinajstić information content (AvgIpc) is 2.12. The highest BCUT2D eigenvalue weighted by molar-refractivity contribution is 5.72. The normalized spacial score (nSPS) is 13.5. The first kappa shape index (κ1) is 13.2. The number of hydrogen-bond donors (Lipinski definition) is 0. The largest absolute Gasteiger partial charge is 0.466 e. The van der Waals surface area contributed by atoms with Crippen LogP contribution in [0.15, 0.2) is 12.2 Å². The van der Waals surface area contributed by atoms with E-state index in [1.807, 2.05) is 19.9 Å². The van der Waals surface area contributed by atoms with E-state index in [0.29, 0.717) is 12.5 Å². The molecular weight excluding hydrogens is 176 g/mol. The number of esters is 1. The Hall–Kier alpha value is -0.790. The maximum Gasteiger partial charge on any atom is 0.309 e. The zero-order chi connectivity index (χ0) is 11.0. The van der Waals surface area contributed by atoms with Gasteiger partial charge in [0, 0.05) is 0 Å². The van der Waals surface area contributed by atoms with Crippen LogP contribution in [0.1, 0.15) is 40.5 Å². The quantitative estimate of drug-likeness (QED) is 0.484. The highest BCUT2D eigenvalue weighted by atomic mass is 16.5. The van der Waals surface area contributed by atoms with Crippen LogP contribution >= 0.6 is 0 Å². The molecule has 0 aromatic heterocycles. The van der Waals surface area contributed by atoms with Gasteiger partial charge in [-0.2, -0.15) is 0 Å². The smallest absolute Gasteiger partial charge is 0.309 e. The first-order valence-electron chi connectivity index (χ1n) is 5.41. The molecule has 0 N–H and O–H groups in total. The van der Waals surface area contributed by atoms with Crippen molar-refractivity contribution < 1.29 is 9.53 Å². The minimum absolute atomic E-state index is 0.0474. The number of carbonyl (C=O) groups is 1. The van der Waals surface area contributed by atoms with Crippen LogP contribution < -0.4 is 0 Å². The topological polar surface area (TPSA) is 26.3 Å². The summed E-state index contributed by atoms with van der Waals surface area (Å²) in [6.07, 6.45) is 5.95. The first-order chi connectivity index (χ1) is 6.63. The molecule has 0 aliphatic carbocycles. The zero-order valence-electron chi connectivity index (χ0n) is 9.75. The summed E-state index contributed by atoms with van der Waals surface area (Å²) >= 11 is 0. The molecular formula is C12H22O2. The van der Waals surface area contributed by atoms with E-state index in [-0.39, 0.29) is 11.9 Å². The summed E-state index contributed by atoms with van der Waals surface area (Å²) in [5.74, 6) is 0.359. The second-order valence-corrected chi connectivity index (χ2v) is 3.75. The van der Waals surface area contributed by atoms with Gasteiger partial charge in [-0.25, -0.2) is 0 Å². The van der Waals surface area contributed by atoms with Crippen molar-refractivity contribution in [2.75, 3.05) is 6.61 Å². The number of ether oxygens (including phenoxy) is 1. The van der Waals surface area contributed by atoms with E-state index in [4.69, 9.17) is 4.74 Å². The molecule has 82 valence electrons. The molecule has 0 rings (SSSR count). The lowest BCUT2D eigenvalue weighted by atomic mass is 9.91. The van der Waals surface area contributed by atoms with E-state index in [2.05, 4.69) is 19.9 Å². The Morgan fingerprint density at radius 3 is 2.50 bits per heavy atom. The van der Waals surface area contributed by atoms with Crippen LogP contribution in [0, 0.1) is 11.8 Å². The van der Waals surface area contributed by atoms with Gasteiger partial charge < -0.3 is 4.74 Å². The molecule has 2 nitrogen and oxygen atoms in total. The maximum absolute atomic E-state index is 11.5. The van der Waals surface area contributed by atoms with Gasteiger partial charge in [-0.05, 0) is 32.6 Å². The molecule has 0 aliphatic heterocycles. The number of carbonyl (C=O) groups excluding carboxylic acids is 1. The van der Waals surface area contributed by atoms with Crippen molar-refractivity contribution in [1.29, 1.82) is 0 Å². The van der Waals surface area contributed by atoms with Crippen molar-refractivity contribution in [1.82, 2.24) is 0 Å². The predicted molar refractivity (Wildman–Crippen MR) is 59.0 cm³/mol. The van der Waals surface area contributed by atoms with Crippen molar-refractivity contribution in [2.24, 2.45) is 11.8 Å². The maximum atomic E-state index is 11.5. The molecule has 0 heterocycles. The van der Waals surface area contributed by atoms with Crippen LogP contribution in [0.3, 0.4) is 0 Å². The average molecular weight is 198 g/mol. The number of hydrogen-bond acceptors (Lipinski definition) is 2. The van der Waals surface area contributed by atoms with E-state index in [1.165, 1.54) is 0 Å². The molecule has 1 atom stereocenters. The lowest BCUT2D eigenvalue weighted by molar-refractivity contribution is -0.149. The molecule has 1 unspecified atom stereocenters. The Balaban J connectivity index is 4.07. The van der Waals surface area contributed by atoms with Crippen LogP contribution in [0.25, 0.3) is 0 Å². The third kappa shape index (κ3) is 5.05. The van der Waals surface area contributed by atoms with Gasteiger partial charge in [-0.15, -0.1) is 0 Å². The van der Waals surface area contributed by atoms with Gasteiger partial charge in [0.1, 0.15) is 0 Å². The van der Waals surface area contributed by atoms with Crippen molar-refractivity contribution in [2.45, 2.75) is 40.5 Å². The summed E-state index contributed by atoms with van der Waals surface area (Å²) in [4.78, 5) is 11.5. The summed E-state index contributed by atoms with van der Waals surface area (Å²) < 4.78 is 5.03. The minimum atomic E-state index is -0.0491. The van der Waals surface area contributed by atoms with Gasteiger partial charge in [0.15, 0.2) is 0 Å². The predicted octanol–water partition coefficient (Wildman–Crippen LogP) is 3.18. The fourth-order valence-electron chi connectivity index (χ4n) is 1.42. The third-order valence-corrected chi connectivity index (χ3v) is 2.27. The lowest BCUT2D eigenvalue weighted by Crippen LogP contribution is -2.22. The van der Waals surface area contributed by atoms with Gasteiger partial charge >= 0.3 is 5.97 Å². The number of rotatable bonds is 6. The highest BCUT2D eigenvalue weighted by Gasteiger charge is 2.22. The highest BCUT2D eigenvalue weighted by Crippen LogP contribution is 2.19. The molecule has 0 fully saturated rings. The summed E-state index contributed by atoms with van der Waals surface area (Å²) in [5.41, 5.74) is 0. The van der Waals surface area contributed by atoms with Crippen molar-refractivity contribution >= 4 is 5.97 Å². The molecule has 0 aromatic carbocycles. The van der Waals surface area contributed by atoms with Gasteiger partial charge in [0.05, 0.1) is 12.5 Å². The summed E-state index contributed by atoms with van der Waals surface area (Å²) in [6, 6.07) is 0. The van der Waals surface area contributed by atoms with Crippen LogP contribution in [-0.4, -0.2) is 12.6 Å². The van der Waals surface area contributed by atoms with Crippen molar-refractivity contribution in [3.05, 3.63) is 12.2 Å². The lowest BCUT2D eigenvalue weighted by Gasteiger charge is -2.17. The fraction of sp³-hybridized carbons (Fsp3) is 0.750. The van der Waals surface area contributed by atoms with Gasteiger partial charge in [-0.3, -0.25) is 4.79 Å². The van der Waals surface area contributed by atoms with E-state index >= 15 is 0 Å². The minimum Gasteiger partial charge on any atom is -0.466 e. The Bertz CT molecular complexity index is 183. The van der Waals surface area contributed by atoms with E-state index in [1.54, 1.807) is 0 Å². The summed E-state index contributed by atoms with van der Waals surface area (Å²) in [6.45, 7) is 8.45. The van der Waals surface area contributed by atoms with Crippen LogP contribution in [0.4, 0.5) is 0 Å². The van der Waals surface area contributed by atoms with Crippen molar-refractivity contribution in [3.63, 3.8) is 0 Å². The van der Waals surface area contributed by atoms with Crippen LogP contribution in [-0.2, 0) is 9.53 Å². The summed E-state index contributed by atoms with van der Waals surface area (Å²) in [7, 11) is 0. The van der Waals surface area contributed by atoms with Gasteiger partial charge in [0.25, 0.3) is 0 Å². The molecule has 0 aliphatic rings. The van der Waals surface area contributed by atoms with Gasteiger partial charge in [-0.1, -0.05) is 26.0 Å². The standard InChI is InChI=1S/C12H22O2/c1-5-7-8-9-11(10(3)4)12(13)14-6-2/h5,7,10-11H,6,8-9H2,1-4H3/b7-5+. The molecule has 0 saturated heterocycles.